The number of rotatable bonds is 6. The zero-order valence-corrected chi connectivity index (χ0v) is 15.7. The lowest BCUT2D eigenvalue weighted by molar-refractivity contribution is -0.123. The van der Waals surface area contributed by atoms with Crippen molar-refractivity contribution in [1.82, 2.24) is 10.9 Å². The molecule has 0 aliphatic heterocycles. The van der Waals surface area contributed by atoms with Crippen LogP contribution in [-0.4, -0.2) is 25.0 Å². The number of carbonyl (C=O) groups is 2. The van der Waals surface area contributed by atoms with Gasteiger partial charge >= 0.3 is 0 Å². The second-order valence-corrected chi connectivity index (χ2v) is 6.15. The van der Waals surface area contributed by atoms with E-state index in [4.69, 9.17) is 21.1 Å². The summed E-state index contributed by atoms with van der Waals surface area (Å²) in [6.45, 7) is 2.06. The molecule has 25 heavy (non-hydrogen) atoms. The number of carbonyl (C=O) groups excluding carboxylic acids is 2. The first-order chi connectivity index (χ1) is 12.0. The van der Waals surface area contributed by atoms with E-state index in [0.717, 1.165) is 4.47 Å². The van der Waals surface area contributed by atoms with Gasteiger partial charge in [0.05, 0.1) is 11.6 Å². The van der Waals surface area contributed by atoms with Gasteiger partial charge in [0.15, 0.2) is 6.61 Å². The molecule has 0 saturated heterocycles. The second-order valence-electron chi connectivity index (χ2n) is 4.83. The number of hydrazine groups is 1. The molecule has 0 saturated carbocycles. The van der Waals surface area contributed by atoms with Crippen LogP contribution in [0.4, 0.5) is 0 Å². The van der Waals surface area contributed by atoms with Gasteiger partial charge in [-0.1, -0.05) is 33.6 Å². The quantitative estimate of drug-likeness (QED) is 0.693. The lowest BCUT2D eigenvalue weighted by Gasteiger charge is -2.10. The SMILES string of the molecule is CCOc1cccc(C(=O)NNC(=O)COc2ccc(Br)cc2Cl)c1. The fourth-order valence-electron chi connectivity index (χ4n) is 1.86. The molecule has 0 spiro atoms. The Morgan fingerprint density at radius 3 is 2.64 bits per heavy atom. The van der Waals surface area contributed by atoms with E-state index in [1.807, 2.05) is 6.92 Å². The van der Waals surface area contributed by atoms with Crippen LogP contribution in [-0.2, 0) is 4.79 Å². The van der Waals surface area contributed by atoms with Crippen molar-refractivity contribution in [2.75, 3.05) is 13.2 Å². The number of hydrogen-bond acceptors (Lipinski definition) is 4. The maximum Gasteiger partial charge on any atom is 0.276 e. The number of benzene rings is 2. The molecule has 0 aliphatic carbocycles. The van der Waals surface area contributed by atoms with E-state index in [-0.39, 0.29) is 6.61 Å². The first-order valence-corrected chi connectivity index (χ1v) is 8.56. The summed E-state index contributed by atoms with van der Waals surface area (Å²) in [4.78, 5) is 23.8. The minimum Gasteiger partial charge on any atom is -0.494 e. The van der Waals surface area contributed by atoms with E-state index < -0.39 is 11.8 Å². The van der Waals surface area contributed by atoms with Crippen LogP contribution >= 0.6 is 27.5 Å². The molecule has 132 valence electrons. The third kappa shape index (κ3) is 5.95. The first kappa shape index (κ1) is 19.1. The summed E-state index contributed by atoms with van der Waals surface area (Å²) >= 11 is 9.27. The maximum atomic E-state index is 12.0. The topological polar surface area (TPSA) is 76.7 Å². The Hall–Kier alpha value is -2.25. The van der Waals surface area contributed by atoms with Crippen LogP contribution in [0.3, 0.4) is 0 Å². The maximum absolute atomic E-state index is 12.0. The van der Waals surface area contributed by atoms with Crippen LogP contribution in [0.2, 0.25) is 5.02 Å². The van der Waals surface area contributed by atoms with Gasteiger partial charge in [-0.05, 0) is 43.3 Å². The summed E-state index contributed by atoms with van der Waals surface area (Å²) in [5.41, 5.74) is 4.95. The van der Waals surface area contributed by atoms with Gasteiger partial charge in [0.1, 0.15) is 11.5 Å². The molecule has 8 heteroatoms. The summed E-state index contributed by atoms with van der Waals surface area (Å²) in [6.07, 6.45) is 0. The number of nitrogens with one attached hydrogen (secondary N) is 2. The zero-order valence-electron chi connectivity index (χ0n) is 13.3. The summed E-state index contributed by atoms with van der Waals surface area (Å²) in [6, 6.07) is 11.7. The van der Waals surface area contributed by atoms with E-state index in [9.17, 15) is 9.59 Å². The van der Waals surface area contributed by atoms with Gasteiger partial charge in [0.25, 0.3) is 11.8 Å². The van der Waals surface area contributed by atoms with Crippen molar-refractivity contribution in [2.24, 2.45) is 0 Å². The fourth-order valence-corrected chi connectivity index (χ4v) is 2.59. The highest BCUT2D eigenvalue weighted by molar-refractivity contribution is 9.10. The molecule has 0 radical (unpaired) electrons. The highest BCUT2D eigenvalue weighted by Gasteiger charge is 2.10. The summed E-state index contributed by atoms with van der Waals surface area (Å²) in [5, 5.41) is 0.374. The lowest BCUT2D eigenvalue weighted by Crippen LogP contribution is -2.43. The predicted octanol–water partition coefficient (Wildman–Crippen LogP) is 3.34. The second kappa shape index (κ2) is 9.29. The summed E-state index contributed by atoms with van der Waals surface area (Å²) in [5.74, 6) is -0.0321. The van der Waals surface area contributed by atoms with E-state index in [1.165, 1.54) is 0 Å². The van der Waals surface area contributed by atoms with Crippen LogP contribution in [0, 0.1) is 0 Å². The Balaban J connectivity index is 1.83. The van der Waals surface area contributed by atoms with Crippen molar-refractivity contribution >= 4 is 39.3 Å². The van der Waals surface area contributed by atoms with Gasteiger partial charge in [0, 0.05) is 10.0 Å². The van der Waals surface area contributed by atoms with E-state index in [0.29, 0.717) is 28.7 Å². The molecule has 2 N–H and O–H groups in total. The average Bonchev–Trinajstić information content (AvgIpc) is 2.59. The molecule has 0 aromatic heterocycles. The Kier molecular flexibility index (Phi) is 7.09. The van der Waals surface area contributed by atoms with Gasteiger partial charge in [-0.2, -0.15) is 0 Å². The van der Waals surface area contributed by atoms with Gasteiger partial charge < -0.3 is 9.47 Å². The van der Waals surface area contributed by atoms with Crippen molar-refractivity contribution in [2.45, 2.75) is 6.92 Å². The van der Waals surface area contributed by atoms with Crippen LogP contribution in [0.5, 0.6) is 11.5 Å². The molecule has 2 aromatic carbocycles. The summed E-state index contributed by atoms with van der Waals surface area (Å²) in [7, 11) is 0. The Morgan fingerprint density at radius 1 is 1.12 bits per heavy atom. The van der Waals surface area contributed by atoms with Gasteiger partial charge in [-0.3, -0.25) is 20.4 Å². The van der Waals surface area contributed by atoms with Gasteiger partial charge in [-0.15, -0.1) is 0 Å². The standard InChI is InChI=1S/C17H16BrClN2O4/c1-2-24-13-5-3-4-11(8-13)17(23)21-20-16(22)10-25-15-7-6-12(18)9-14(15)19/h3-9H,2,10H2,1H3,(H,20,22)(H,21,23). The smallest absolute Gasteiger partial charge is 0.276 e. The number of hydrogen-bond donors (Lipinski definition) is 2. The number of halogens is 2. The van der Waals surface area contributed by atoms with Crippen LogP contribution < -0.4 is 20.3 Å². The normalized spacial score (nSPS) is 10.0. The third-order valence-electron chi connectivity index (χ3n) is 2.98. The van der Waals surface area contributed by atoms with Crippen LogP contribution in [0.1, 0.15) is 17.3 Å². The Morgan fingerprint density at radius 2 is 1.92 bits per heavy atom. The molecule has 0 atom stereocenters. The van der Waals surface area contributed by atoms with Crippen molar-refractivity contribution in [3.8, 4) is 11.5 Å². The molecule has 0 heterocycles. The molecule has 6 nitrogen and oxygen atoms in total. The molecular weight excluding hydrogens is 412 g/mol. The predicted molar refractivity (Wildman–Crippen MR) is 97.9 cm³/mol. The van der Waals surface area contributed by atoms with Crippen molar-refractivity contribution < 1.29 is 19.1 Å². The lowest BCUT2D eigenvalue weighted by atomic mass is 10.2. The first-order valence-electron chi connectivity index (χ1n) is 7.39. The van der Waals surface area contributed by atoms with E-state index >= 15 is 0 Å². The van der Waals surface area contributed by atoms with Crippen molar-refractivity contribution in [3.05, 3.63) is 57.5 Å². The molecule has 0 fully saturated rings. The Labute approximate surface area is 158 Å². The Bertz CT molecular complexity index is 770. The van der Waals surface area contributed by atoms with Crippen molar-refractivity contribution in [1.29, 1.82) is 0 Å². The zero-order chi connectivity index (χ0) is 18.2. The highest BCUT2D eigenvalue weighted by atomic mass is 79.9. The molecule has 2 rings (SSSR count). The average molecular weight is 428 g/mol. The molecule has 0 bridgehead atoms. The summed E-state index contributed by atoms with van der Waals surface area (Å²) < 4.78 is 11.4. The van der Waals surface area contributed by atoms with Crippen LogP contribution in [0.15, 0.2) is 46.9 Å². The molecule has 2 aromatic rings. The van der Waals surface area contributed by atoms with Crippen molar-refractivity contribution in [3.63, 3.8) is 0 Å². The monoisotopic (exact) mass is 426 g/mol. The third-order valence-corrected chi connectivity index (χ3v) is 3.76. The largest absolute Gasteiger partial charge is 0.494 e. The highest BCUT2D eigenvalue weighted by Crippen LogP contribution is 2.27. The van der Waals surface area contributed by atoms with Gasteiger partial charge in [-0.25, -0.2) is 0 Å². The fraction of sp³-hybridized carbons (Fsp3) is 0.176. The minimum absolute atomic E-state index is 0.291. The number of amides is 2. The molecule has 0 aliphatic rings. The number of ether oxygens (including phenoxy) is 2. The minimum atomic E-state index is -0.520. The molecular formula is C17H16BrClN2O4. The van der Waals surface area contributed by atoms with Gasteiger partial charge in [0.2, 0.25) is 0 Å². The van der Waals surface area contributed by atoms with E-state index in [2.05, 4.69) is 26.8 Å². The molecule has 2 amide bonds. The van der Waals surface area contributed by atoms with E-state index in [1.54, 1.807) is 42.5 Å². The molecule has 0 unspecified atom stereocenters. The van der Waals surface area contributed by atoms with Crippen LogP contribution in [0.25, 0.3) is 0 Å².